The number of methoxy groups -OCH3 is 1. The van der Waals surface area contributed by atoms with Crippen molar-refractivity contribution in [3.05, 3.63) is 29.3 Å². The van der Waals surface area contributed by atoms with Gasteiger partial charge >= 0.3 is 18.8 Å². The SMILES string of the molecule is COC(=O)C[C@H](N)c1cc(OC(F)F)cc(C(F)(F)F)c1. The molecule has 0 saturated heterocycles. The number of nitrogens with two attached hydrogens (primary N) is 1. The molecular formula is C12H12F5NO3. The zero-order valence-corrected chi connectivity index (χ0v) is 10.8. The highest BCUT2D eigenvalue weighted by molar-refractivity contribution is 5.70. The summed E-state index contributed by atoms with van der Waals surface area (Å²) >= 11 is 0. The third-order valence-electron chi connectivity index (χ3n) is 2.52. The Labute approximate surface area is 116 Å². The van der Waals surface area contributed by atoms with Gasteiger partial charge in [0, 0.05) is 6.04 Å². The van der Waals surface area contributed by atoms with Crippen LogP contribution in [0.1, 0.15) is 23.6 Å². The van der Waals surface area contributed by atoms with Gasteiger partial charge in [-0.1, -0.05) is 0 Å². The van der Waals surface area contributed by atoms with Gasteiger partial charge in [-0.3, -0.25) is 4.79 Å². The molecule has 9 heteroatoms. The lowest BCUT2D eigenvalue weighted by Gasteiger charge is -2.16. The summed E-state index contributed by atoms with van der Waals surface area (Å²) in [7, 11) is 1.09. The molecular weight excluding hydrogens is 301 g/mol. The van der Waals surface area contributed by atoms with E-state index in [1.165, 1.54) is 0 Å². The van der Waals surface area contributed by atoms with Crippen molar-refractivity contribution in [2.45, 2.75) is 25.3 Å². The fourth-order valence-electron chi connectivity index (χ4n) is 1.55. The third kappa shape index (κ3) is 5.18. The molecule has 0 saturated carbocycles. The van der Waals surface area contributed by atoms with E-state index in [0.29, 0.717) is 12.1 Å². The van der Waals surface area contributed by atoms with Crippen molar-refractivity contribution in [3.63, 3.8) is 0 Å². The number of hydrogen-bond acceptors (Lipinski definition) is 4. The van der Waals surface area contributed by atoms with Crippen molar-refractivity contribution in [3.8, 4) is 5.75 Å². The largest absolute Gasteiger partial charge is 0.469 e. The number of carbonyl (C=O) groups excluding carboxylic acids is 1. The van der Waals surface area contributed by atoms with Crippen LogP contribution in [0.15, 0.2) is 18.2 Å². The van der Waals surface area contributed by atoms with Gasteiger partial charge in [0.2, 0.25) is 0 Å². The summed E-state index contributed by atoms with van der Waals surface area (Å²) in [6.45, 7) is -3.28. The van der Waals surface area contributed by atoms with Crippen molar-refractivity contribution in [1.29, 1.82) is 0 Å². The molecule has 1 rings (SSSR count). The molecule has 1 atom stereocenters. The second-order valence-electron chi connectivity index (χ2n) is 4.05. The van der Waals surface area contributed by atoms with Gasteiger partial charge in [0.1, 0.15) is 5.75 Å². The molecule has 1 aromatic rings. The monoisotopic (exact) mass is 313 g/mol. The van der Waals surface area contributed by atoms with Gasteiger partial charge in [-0.15, -0.1) is 0 Å². The maximum atomic E-state index is 12.7. The van der Waals surface area contributed by atoms with Gasteiger partial charge in [0.25, 0.3) is 0 Å². The number of rotatable bonds is 5. The lowest BCUT2D eigenvalue weighted by Crippen LogP contribution is -2.18. The first-order valence-corrected chi connectivity index (χ1v) is 5.63. The Bertz CT molecular complexity index is 504. The molecule has 0 aliphatic carbocycles. The van der Waals surface area contributed by atoms with Gasteiger partial charge in [0.15, 0.2) is 0 Å². The van der Waals surface area contributed by atoms with Gasteiger partial charge in [-0.05, 0) is 23.8 Å². The quantitative estimate of drug-likeness (QED) is 0.671. The van der Waals surface area contributed by atoms with E-state index in [1.54, 1.807) is 0 Å². The summed E-state index contributed by atoms with van der Waals surface area (Å²) in [5, 5.41) is 0. The molecule has 0 aliphatic rings. The van der Waals surface area contributed by atoms with Crippen LogP contribution in [-0.4, -0.2) is 19.7 Å². The lowest BCUT2D eigenvalue weighted by molar-refractivity contribution is -0.141. The smallest absolute Gasteiger partial charge is 0.416 e. The molecule has 0 bridgehead atoms. The van der Waals surface area contributed by atoms with E-state index in [0.717, 1.165) is 13.2 Å². The van der Waals surface area contributed by atoms with Gasteiger partial charge < -0.3 is 15.2 Å². The summed E-state index contributed by atoms with van der Waals surface area (Å²) in [4.78, 5) is 11.1. The molecule has 0 aliphatic heterocycles. The zero-order valence-electron chi connectivity index (χ0n) is 10.8. The topological polar surface area (TPSA) is 61.5 Å². The van der Waals surface area contributed by atoms with Crippen LogP contribution in [0.2, 0.25) is 0 Å². The molecule has 0 amide bonds. The van der Waals surface area contributed by atoms with E-state index >= 15 is 0 Å². The van der Waals surface area contributed by atoms with Crippen LogP contribution in [0.25, 0.3) is 0 Å². The van der Waals surface area contributed by atoms with Crippen LogP contribution in [0.3, 0.4) is 0 Å². The van der Waals surface area contributed by atoms with E-state index in [2.05, 4.69) is 9.47 Å². The van der Waals surface area contributed by atoms with Crippen molar-refractivity contribution >= 4 is 5.97 Å². The molecule has 1 aromatic carbocycles. The predicted octanol–water partition coefficient (Wildman–Crippen LogP) is 2.87. The van der Waals surface area contributed by atoms with Gasteiger partial charge in [0.05, 0.1) is 19.1 Å². The summed E-state index contributed by atoms with van der Waals surface area (Å²) < 4.78 is 70.7. The first kappa shape index (κ1) is 17.2. The number of alkyl halides is 5. The standard InChI is InChI=1S/C12H12F5NO3/c1-20-10(19)5-9(18)6-2-7(12(15,16)17)4-8(3-6)21-11(13)14/h2-4,9,11H,5,18H2,1H3/t9-/m0/s1. The maximum absolute atomic E-state index is 12.7. The normalized spacial score (nSPS) is 13.1. The Morgan fingerprint density at radius 2 is 1.90 bits per heavy atom. The Hall–Kier alpha value is -1.90. The number of hydrogen-bond donors (Lipinski definition) is 1. The number of benzene rings is 1. The second kappa shape index (κ2) is 6.70. The number of ether oxygens (including phenoxy) is 2. The highest BCUT2D eigenvalue weighted by Gasteiger charge is 2.32. The average molecular weight is 313 g/mol. The maximum Gasteiger partial charge on any atom is 0.416 e. The summed E-state index contributed by atoms with van der Waals surface area (Å²) in [5.41, 5.74) is 4.21. The van der Waals surface area contributed by atoms with Crippen molar-refractivity contribution in [2.75, 3.05) is 7.11 Å². The molecule has 0 unspecified atom stereocenters. The van der Waals surface area contributed by atoms with Crippen LogP contribution in [-0.2, 0) is 15.7 Å². The van der Waals surface area contributed by atoms with E-state index < -0.39 is 42.5 Å². The zero-order chi connectivity index (χ0) is 16.2. The molecule has 118 valence electrons. The van der Waals surface area contributed by atoms with Gasteiger partial charge in [-0.2, -0.15) is 22.0 Å². The fraction of sp³-hybridized carbons (Fsp3) is 0.417. The molecule has 0 radical (unpaired) electrons. The van der Waals surface area contributed by atoms with E-state index in [4.69, 9.17) is 5.73 Å². The van der Waals surface area contributed by atoms with E-state index in [-0.39, 0.29) is 5.56 Å². The predicted molar refractivity (Wildman–Crippen MR) is 61.6 cm³/mol. The van der Waals surface area contributed by atoms with Crippen molar-refractivity contribution in [2.24, 2.45) is 5.73 Å². The Balaban J connectivity index is 3.15. The Kier molecular flexibility index (Phi) is 5.47. The first-order chi connectivity index (χ1) is 9.63. The molecule has 4 nitrogen and oxygen atoms in total. The van der Waals surface area contributed by atoms with E-state index in [9.17, 15) is 26.7 Å². The minimum Gasteiger partial charge on any atom is -0.469 e. The van der Waals surface area contributed by atoms with Crippen molar-refractivity contribution < 1.29 is 36.2 Å². The minimum atomic E-state index is -4.76. The molecule has 21 heavy (non-hydrogen) atoms. The molecule has 0 fully saturated rings. The number of halogens is 5. The molecule has 0 heterocycles. The van der Waals surface area contributed by atoms with Gasteiger partial charge in [-0.25, -0.2) is 0 Å². The second-order valence-corrected chi connectivity index (χ2v) is 4.05. The van der Waals surface area contributed by atoms with Crippen LogP contribution >= 0.6 is 0 Å². The van der Waals surface area contributed by atoms with Crippen molar-refractivity contribution in [1.82, 2.24) is 0 Å². The number of carbonyl (C=O) groups is 1. The van der Waals surface area contributed by atoms with Crippen LogP contribution in [0.4, 0.5) is 22.0 Å². The molecule has 0 aromatic heterocycles. The highest BCUT2D eigenvalue weighted by Crippen LogP contribution is 2.34. The Morgan fingerprint density at radius 1 is 1.29 bits per heavy atom. The average Bonchev–Trinajstić information content (AvgIpc) is 2.36. The number of esters is 1. The fourth-order valence-corrected chi connectivity index (χ4v) is 1.55. The van der Waals surface area contributed by atoms with Crippen LogP contribution < -0.4 is 10.5 Å². The highest BCUT2D eigenvalue weighted by atomic mass is 19.4. The summed E-state index contributed by atoms with van der Waals surface area (Å²) in [5.74, 6) is -1.42. The minimum absolute atomic E-state index is 0.161. The lowest BCUT2D eigenvalue weighted by atomic mass is 10.0. The van der Waals surface area contributed by atoms with E-state index in [1.807, 2.05) is 0 Å². The first-order valence-electron chi connectivity index (χ1n) is 5.63. The third-order valence-corrected chi connectivity index (χ3v) is 2.52. The summed E-state index contributed by atoms with van der Waals surface area (Å²) in [6, 6.07) is 0.890. The molecule has 0 spiro atoms. The summed E-state index contributed by atoms with van der Waals surface area (Å²) in [6.07, 6.45) is -5.16. The Morgan fingerprint density at radius 3 is 2.38 bits per heavy atom. The van der Waals surface area contributed by atoms with Crippen LogP contribution in [0.5, 0.6) is 5.75 Å². The molecule has 2 N–H and O–H groups in total. The van der Waals surface area contributed by atoms with Crippen LogP contribution in [0, 0.1) is 0 Å².